The van der Waals surface area contributed by atoms with Crippen LogP contribution in [0.15, 0.2) is 71.1 Å². The van der Waals surface area contributed by atoms with E-state index < -0.39 is 24.4 Å². The lowest BCUT2D eigenvalue weighted by Crippen LogP contribution is -2.39. The SMILES string of the molecule is Cc1c(-c2ccccc2)cccc1-c1nnc(-c2cc(CNC(CO)C(=O)O)ccc2F)o1.Cl. The number of carbonyl (C=O) groups is 1. The van der Waals surface area contributed by atoms with Crippen LogP contribution in [0.3, 0.4) is 0 Å². The quantitative estimate of drug-likeness (QED) is 0.339. The number of rotatable bonds is 8. The third kappa shape index (κ3) is 5.31. The predicted molar refractivity (Wildman–Crippen MR) is 128 cm³/mol. The van der Waals surface area contributed by atoms with E-state index >= 15 is 0 Å². The average Bonchev–Trinajstić information content (AvgIpc) is 3.31. The van der Waals surface area contributed by atoms with Crippen molar-refractivity contribution < 1.29 is 23.8 Å². The Morgan fingerprint density at radius 3 is 2.35 bits per heavy atom. The molecule has 1 unspecified atom stereocenters. The first kappa shape index (κ1) is 25.0. The molecule has 0 aliphatic carbocycles. The molecule has 176 valence electrons. The Bertz CT molecular complexity index is 1280. The van der Waals surface area contributed by atoms with Crippen molar-refractivity contribution in [1.82, 2.24) is 15.5 Å². The van der Waals surface area contributed by atoms with Crippen molar-refractivity contribution in [3.05, 3.63) is 83.7 Å². The molecule has 0 aliphatic heterocycles. The summed E-state index contributed by atoms with van der Waals surface area (Å²) in [6, 6.07) is 18.9. The average molecular weight is 484 g/mol. The molecule has 34 heavy (non-hydrogen) atoms. The minimum absolute atomic E-state index is 0. The van der Waals surface area contributed by atoms with Crippen LogP contribution in [0.25, 0.3) is 34.0 Å². The van der Waals surface area contributed by atoms with Gasteiger partial charge in [-0.25, -0.2) is 4.39 Å². The van der Waals surface area contributed by atoms with E-state index in [0.717, 1.165) is 22.3 Å². The van der Waals surface area contributed by atoms with E-state index in [-0.39, 0.29) is 36.3 Å². The second-order valence-corrected chi connectivity index (χ2v) is 7.53. The lowest BCUT2D eigenvalue weighted by molar-refractivity contribution is -0.140. The molecule has 3 N–H and O–H groups in total. The molecule has 3 aromatic carbocycles. The zero-order valence-corrected chi connectivity index (χ0v) is 19.1. The van der Waals surface area contributed by atoms with E-state index in [1.165, 1.54) is 18.2 Å². The first-order valence-corrected chi connectivity index (χ1v) is 10.3. The van der Waals surface area contributed by atoms with Crippen LogP contribution >= 0.6 is 12.4 Å². The molecule has 4 aromatic rings. The van der Waals surface area contributed by atoms with Gasteiger partial charge in [-0.1, -0.05) is 48.5 Å². The number of aliphatic hydroxyl groups excluding tert-OH is 1. The lowest BCUT2D eigenvalue weighted by atomic mass is 9.96. The van der Waals surface area contributed by atoms with Gasteiger partial charge in [0.15, 0.2) is 0 Å². The van der Waals surface area contributed by atoms with Crippen molar-refractivity contribution in [3.63, 3.8) is 0 Å². The van der Waals surface area contributed by atoms with Crippen LogP contribution in [-0.4, -0.2) is 39.0 Å². The number of nitrogens with zero attached hydrogens (tertiary/aromatic N) is 2. The van der Waals surface area contributed by atoms with Gasteiger partial charge >= 0.3 is 5.97 Å². The van der Waals surface area contributed by atoms with Crippen LogP contribution in [0.1, 0.15) is 11.1 Å². The Morgan fingerprint density at radius 2 is 1.68 bits per heavy atom. The molecule has 1 aromatic heterocycles. The highest BCUT2D eigenvalue weighted by atomic mass is 35.5. The molecule has 4 rings (SSSR count). The fourth-order valence-corrected chi connectivity index (χ4v) is 3.56. The minimum Gasteiger partial charge on any atom is -0.480 e. The van der Waals surface area contributed by atoms with Crippen LogP contribution in [0.5, 0.6) is 0 Å². The number of nitrogens with one attached hydrogen (secondary N) is 1. The van der Waals surface area contributed by atoms with Crippen molar-refractivity contribution in [2.75, 3.05) is 6.61 Å². The molecule has 0 amide bonds. The summed E-state index contributed by atoms with van der Waals surface area (Å²) in [4.78, 5) is 11.1. The van der Waals surface area contributed by atoms with Crippen molar-refractivity contribution in [1.29, 1.82) is 0 Å². The summed E-state index contributed by atoms with van der Waals surface area (Å²) in [5.41, 5.74) is 4.52. The van der Waals surface area contributed by atoms with Crippen LogP contribution in [0.4, 0.5) is 4.39 Å². The minimum atomic E-state index is -1.17. The summed E-state index contributed by atoms with van der Waals surface area (Å²) in [7, 11) is 0. The van der Waals surface area contributed by atoms with Crippen LogP contribution < -0.4 is 5.32 Å². The Hall–Kier alpha value is -3.59. The van der Waals surface area contributed by atoms with Crippen molar-refractivity contribution >= 4 is 18.4 Å². The topological polar surface area (TPSA) is 108 Å². The number of halogens is 2. The first-order valence-electron chi connectivity index (χ1n) is 10.3. The van der Waals surface area contributed by atoms with Gasteiger partial charge in [0.05, 0.1) is 12.2 Å². The number of aromatic nitrogens is 2. The molecule has 0 bridgehead atoms. The molecular formula is C25H23ClFN3O4. The van der Waals surface area contributed by atoms with Gasteiger partial charge in [-0.05, 0) is 47.4 Å². The molecule has 1 heterocycles. The number of aliphatic carboxylic acids is 1. The van der Waals surface area contributed by atoms with Gasteiger partial charge in [0.1, 0.15) is 11.9 Å². The lowest BCUT2D eigenvalue weighted by Gasteiger charge is -2.12. The van der Waals surface area contributed by atoms with Gasteiger partial charge in [0.2, 0.25) is 5.89 Å². The van der Waals surface area contributed by atoms with Crippen molar-refractivity contribution in [3.8, 4) is 34.0 Å². The summed E-state index contributed by atoms with van der Waals surface area (Å²) in [6.07, 6.45) is 0. The van der Waals surface area contributed by atoms with Crippen LogP contribution in [0, 0.1) is 12.7 Å². The van der Waals surface area contributed by atoms with E-state index in [2.05, 4.69) is 15.5 Å². The molecule has 1 atom stereocenters. The molecule has 0 saturated carbocycles. The zero-order chi connectivity index (χ0) is 23.4. The van der Waals surface area contributed by atoms with E-state index in [9.17, 15) is 9.18 Å². The largest absolute Gasteiger partial charge is 0.480 e. The maximum Gasteiger partial charge on any atom is 0.323 e. The van der Waals surface area contributed by atoms with Gasteiger partial charge in [-0.15, -0.1) is 22.6 Å². The smallest absolute Gasteiger partial charge is 0.323 e. The van der Waals surface area contributed by atoms with Gasteiger partial charge < -0.3 is 14.6 Å². The number of hydrogen-bond acceptors (Lipinski definition) is 6. The maximum absolute atomic E-state index is 14.5. The second-order valence-electron chi connectivity index (χ2n) is 7.53. The molecule has 0 saturated heterocycles. The maximum atomic E-state index is 14.5. The highest BCUT2D eigenvalue weighted by Crippen LogP contribution is 2.33. The number of carboxylic acids is 1. The summed E-state index contributed by atoms with van der Waals surface area (Å²) in [5, 5.41) is 29.0. The fourth-order valence-electron chi connectivity index (χ4n) is 3.56. The fraction of sp³-hybridized carbons (Fsp3) is 0.160. The Labute approximate surface area is 201 Å². The van der Waals surface area contributed by atoms with Crippen LogP contribution in [0.2, 0.25) is 0 Å². The van der Waals surface area contributed by atoms with E-state index in [0.29, 0.717) is 5.56 Å². The molecule has 0 spiro atoms. The molecular weight excluding hydrogens is 461 g/mol. The van der Waals surface area contributed by atoms with E-state index in [4.69, 9.17) is 14.6 Å². The normalized spacial score (nSPS) is 11.6. The van der Waals surface area contributed by atoms with Gasteiger partial charge in [-0.2, -0.15) is 0 Å². The number of hydrogen-bond donors (Lipinski definition) is 3. The molecule has 0 radical (unpaired) electrons. The first-order chi connectivity index (χ1) is 16.0. The zero-order valence-electron chi connectivity index (χ0n) is 18.2. The van der Waals surface area contributed by atoms with E-state index in [1.807, 2.05) is 55.5 Å². The van der Waals surface area contributed by atoms with Crippen molar-refractivity contribution in [2.24, 2.45) is 0 Å². The molecule has 9 heteroatoms. The third-order valence-corrected chi connectivity index (χ3v) is 5.37. The summed E-state index contributed by atoms with van der Waals surface area (Å²) < 4.78 is 20.4. The number of carboxylic acid groups (broad SMARTS) is 1. The molecule has 0 aliphatic rings. The Morgan fingerprint density at radius 1 is 1.00 bits per heavy atom. The highest BCUT2D eigenvalue weighted by Gasteiger charge is 2.19. The van der Waals surface area contributed by atoms with E-state index in [1.54, 1.807) is 0 Å². The Balaban J connectivity index is 0.00000324. The summed E-state index contributed by atoms with van der Waals surface area (Å²) >= 11 is 0. The monoisotopic (exact) mass is 483 g/mol. The third-order valence-electron chi connectivity index (χ3n) is 5.37. The van der Waals surface area contributed by atoms with Gasteiger partial charge in [0, 0.05) is 12.1 Å². The molecule has 7 nitrogen and oxygen atoms in total. The summed E-state index contributed by atoms with van der Waals surface area (Å²) in [6.45, 7) is 1.52. The van der Waals surface area contributed by atoms with Crippen molar-refractivity contribution in [2.45, 2.75) is 19.5 Å². The molecule has 0 fully saturated rings. The number of aliphatic hydroxyl groups is 1. The van der Waals surface area contributed by atoms with Crippen LogP contribution in [-0.2, 0) is 11.3 Å². The number of benzene rings is 3. The van der Waals surface area contributed by atoms with Gasteiger partial charge in [-0.3, -0.25) is 10.1 Å². The standard InChI is InChI=1S/C25H22FN3O4.ClH/c1-15-18(17-6-3-2-4-7-17)8-5-9-19(15)23-28-29-24(33-23)20-12-16(10-11-21(20)26)13-27-22(14-30)25(31)32;/h2-12,22,27,30H,13-14H2,1H3,(H,31,32);1H. The predicted octanol–water partition coefficient (Wildman–Crippen LogP) is 4.48. The Kier molecular flexibility index (Phi) is 8.12. The second kappa shape index (κ2) is 11.0. The van der Waals surface area contributed by atoms with Gasteiger partial charge in [0.25, 0.3) is 5.89 Å². The highest BCUT2D eigenvalue weighted by molar-refractivity contribution is 5.85. The summed E-state index contributed by atoms with van der Waals surface area (Å²) in [5.74, 6) is -1.42.